The average molecular weight is 213 g/mol. The van der Waals surface area contributed by atoms with Crippen LogP contribution in [0.2, 0.25) is 0 Å². The van der Waals surface area contributed by atoms with Crippen LogP contribution in [0, 0.1) is 0 Å². The van der Waals surface area contributed by atoms with Crippen LogP contribution in [0.15, 0.2) is 0 Å². The third-order valence-corrected chi connectivity index (χ3v) is 1.39. The number of aliphatic carboxylic acids is 1. The molecule has 14 heavy (non-hydrogen) atoms. The second kappa shape index (κ2) is 4.83. The highest BCUT2D eigenvalue weighted by atomic mass is 19.4. The monoisotopic (exact) mass is 213 g/mol. The van der Waals surface area contributed by atoms with Crippen molar-refractivity contribution >= 4 is 11.9 Å². The summed E-state index contributed by atoms with van der Waals surface area (Å²) in [5, 5.41) is 8.18. The van der Waals surface area contributed by atoms with Crippen LogP contribution >= 0.6 is 0 Å². The predicted octanol–water partition coefficient (Wildman–Crippen LogP) is 0.872. The van der Waals surface area contributed by atoms with E-state index >= 15 is 0 Å². The number of rotatable bonds is 4. The summed E-state index contributed by atoms with van der Waals surface area (Å²) in [5.41, 5.74) is 0. The van der Waals surface area contributed by atoms with Gasteiger partial charge < -0.3 is 10.0 Å². The van der Waals surface area contributed by atoms with Gasteiger partial charge in [-0.2, -0.15) is 13.2 Å². The first-order valence-corrected chi connectivity index (χ1v) is 3.75. The number of hydrogen-bond acceptors (Lipinski definition) is 2. The molecule has 0 aromatic rings. The Kier molecular flexibility index (Phi) is 4.39. The Bertz CT molecular complexity index is 227. The maximum absolute atomic E-state index is 11.8. The van der Waals surface area contributed by atoms with Crippen molar-refractivity contribution in [1.29, 1.82) is 0 Å². The SMILES string of the molecule is CN(CC(F)(F)F)C(=O)CCC(=O)O. The van der Waals surface area contributed by atoms with Gasteiger partial charge in [-0.3, -0.25) is 9.59 Å². The Hall–Kier alpha value is -1.27. The van der Waals surface area contributed by atoms with E-state index in [-0.39, 0.29) is 0 Å². The lowest BCUT2D eigenvalue weighted by Gasteiger charge is -2.18. The normalized spacial score (nSPS) is 11.1. The van der Waals surface area contributed by atoms with E-state index in [1.54, 1.807) is 0 Å². The van der Waals surface area contributed by atoms with Crippen LogP contribution in [0.25, 0.3) is 0 Å². The molecule has 1 N–H and O–H groups in total. The van der Waals surface area contributed by atoms with Crippen molar-refractivity contribution in [3.63, 3.8) is 0 Å². The molecule has 0 radical (unpaired) electrons. The Morgan fingerprint density at radius 1 is 1.29 bits per heavy atom. The summed E-state index contributed by atoms with van der Waals surface area (Å²) in [5.74, 6) is -2.04. The van der Waals surface area contributed by atoms with E-state index in [0.717, 1.165) is 7.05 Å². The molecule has 0 heterocycles. The van der Waals surface area contributed by atoms with Crippen molar-refractivity contribution in [2.45, 2.75) is 19.0 Å². The van der Waals surface area contributed by atoms with Gasteiger partial charge in [0.15, 0.2) is 0 Å². The summed E-state index contributed by atoms with van der Waals surface area (Å²) >= 11 is 0. The van der Waals surface area contributed by atoms with Crippen LogP contribution in [0.1, 0.15) is 12.8 Å². The van der Waals surface area contributed by atoms with Gasteiger partial charge in [0.05, 0.1) is 6.42 Å². The molecule has 0 bridgehead atoms. The van der Waals surface area contributed by atoms with Crippen LogP contribution in [-0.2, 0) is 9.59 Å². The van der Waals surface area contributed by atoms with Crippen molar-refractivity contribution < 1.29 is 27.9 Å². The van der Waals surface area contributed by atoms with Crippen LogP contribution in [0.4, 0.5) is 13.2 Å². The molecule has 82 valence electrons. The number of carbonyl (C=O) groups excluding carboxylic acids is 1. The summed E-state index contributed by atoms with van der Waals surface area (Å²) in [6.07, 6.45) is -5.32. The molecular formula is C7H10F3NO3. The Balaban J connectivity index is 3.94. The standard InChI is InChI=1S/C7H10F3NO3/c1-11(4-7(8,9)10)5(12)2-3-6(13)14/h2-4H2,1H3,(H,13,14). The zero-order valence-corrected chi connectivity index (χ0v) is 7.47. The number of hydrogen-bond donors (Lipinski definition) is 1. The van der Waals surface area contributed by atoms with E-state index in [4.69, 9.17) is 5.11 Å². The van der Waals surface area contributed by atoms with Crippen LogP contribution in [-0.4, -0.2) is 41.7 Å². The van der Waals surface area contributed by atoms with Crippen LogP contribution in [0.5, 0.6) is 0 Å². The number of alkyl halides is 3. The smallest absolute Gasteiger partial charge is 0.406 e. The van der Waals surface area contributed by atoms with E-state index in [1.807, 2.05) is 0 Å². The van der Waals surface area contributed by atoms with Crippen LogP contribution in [0.3, 0.4) is 0 Å². The quantitative estimate of drug-likeness (QED) is 0.753. The topological polar surface area (TPSA) is 57.6 Å². The van der Waals surface area contributed by atoms with Crippen molar-refractivity contribution in [1.82, 2.24) is 4.90 Å². The van der Waals surface area contributed by atoms with Gasteiger partial charge >= 0.3 is 12.1 Å². The number of carboxylic acid groups (broad SMARTS) is 1. The largest absolute Gasteiger partial charge is 0.481 e. The number of halogens is 3. The molecule has 4 nitrogen and oxygen atoms in total. The van der Waals surface area contributed by atoms with Gasteiger partial charge in [-0.1, -0.05) is 0 Å². The molecule has 7 heteroatoms. The molecule has 0 aliphatic rings. The highest BCUT2D eigenvalue weighted by molar-refractivity contribution is 5.80. The Morgan fingerprint density at radius 3 is 2.14 bits per heavy atom. The van der Waals surface area contributed by atoms with Crippen molar-refractivity contribution in [3.05, 3.63) is 0 Å². The molecule has 0 aliphatic heterocycles. The molecule has 0 aliphatic carbocycles. The maximum Gasteiger partial charge on any atom is 0.406 e. The van der Waals surface area contributed by atoms with Crippen LogP contribution < -0.4 is 0 Å². The van der Waals surface area contributed by atoms with Gasteiger partial charge in [0.2, 0.25) is 5.91 Å². The zero-order chi connectivity index (χ0) is 11.4. The third kappa shape index (κ3) is 6.27. The lowest BCUT2D eigenvalue weighted by molar-refractivity contribution is -0.159. The van der Waals surface area contributed by atoms with Crippen molar-refractivity contribution in [3.8, 4) is 0 Å². The molecule has 0 saturated carbocycles. The summed E-state index contributed by atoms with van der Waals surface area (Å²) in [7, 11) is 0.984. The van der Waals surface area contributed by atoms with Gasteiger partial charge in [0.1, 0.15) is 6.54 Å². The molecule has 0 rings (SSSR count). The summed E-state index contributed by atoms with van der Waals surface area (Å²) in [6.45, 7) is -1.36. The minimum atomic E-state index is -4.45. The molecule has 0 fully saturated rings. The third-order valence-electron chi connectivity index (χ3n) is 1.39. The average Bonchev–Trinajstić information content (AvgIpc) is 1.96. The molecule has 0 saturated heterocycles. The molecule has 0 aromatic heterocycles. The lowest BCUT2D eigenvalue weighted by atomic mass is 10.3. The van der Waals surface area contributed by atoms with Gasteiger partial charge in [0.25, 0.3) is 0 Å². The molecule has 1 amide bonds. The van der Waals surface area contributed by atoms with E-state index in [9.17, 15) is 22.8 Å². The number of carboxylic acids is 1. The van der Waals surface area contributed by atoms with Crippen molar-refractivity contribution in [2.75, 3.05) is 13.6 Å². The van der Waals surface area contributed by atoms with Gasteiger partial charge in [0, 0.05) is 13.5 Å². The maximum atomic E-state index is 11.8. The second-order valence-electron chi connectivity index (χ2n) is 2.76. The van der Waals surface area contributed by atoms with Gasteiger partial charge in [-0.25, -0.2) is 0 Å². The van der Waals surface area contributed by atoms with E-state index in [0.29, 0.717) is 4.90 Å². The molecular weight excluding hydrogens is 203 g/mol. The second-order valence-corrected chi connectivity index (χ2v) is 2.76. The summed E-state index contributed by atoms with van der Waals surface area (Å²) < 4.78 is 35.3. The Morgan fingerprint density at radius 2 is 1.79 bits per heavy atom. The highest BCUT2D eigenvalue weighted by Gasteiger charge is 2.31. The fourth-order valence-corrected chi connectivity index (χ4v) is 0.762. The molecule has 0 atom stereocenters. The fraction of sp³-hybridized carbons (Fsp3) is 0.714. The minimum Gasteiger partial charge on any atom is -0.481 e. The number of carbonyl (C=O) groups is 2. The highest BCUT2D eigenvalue weighted by Crippen LogP contribution is 2.16. The van der Waals surface area contributed by atoms with E-state index in [2.05, 4.69) is 0 Å². The van der Waals surface area contributed by atoms with E-state index < -0.39 is 37.4 Å². The first-order valence-electron chi connectivity index (χ1n) is 3.75. The minimum absolute atomic E-state index is 0.415. The fourth-order valence-electron chi connectivity index (χ4n) is 0.762. The number of amides is 1. The summed E-state index contributed by atoms with van der Waals surface area (Å²) in [6, 6.07) is 0. The molecule has 0 spiro atoms. The van der Waals surface area contributed by atoms with Crippen molar-refractivity contribution in [2.24, 2.45) is 0 Å². The predicted molar refractivity (Wildman–Crippen MR) is 40.6 cm³/mol. The Labute approximate surface area is 78.3 Å². The van der Waals surface area contributed by atoms with Gasteiger partial charge in [-0.05, 0) is 0 Å². The lowest BCUT2D eigenvalue weighted by Crippen LogP contribution is -2.35. The molecule has 0 aromatic carbocycles. The first-order chi connectivity index (χ1) is 6.22. The number of nitrogens with zero attached hydrogens (tertiary/aromatic N) is 1. The molecule has 0 unspecified atom stereocenters. The van der Waals surface area contributed by atoms with E-state index in [1.165, 1.54) is 0 Å². The summed E-state index contributed by atoms with van der Waals surface area (Å²) in [4.78, 5) is 21.4. The first kappa shape index (κ1) is 12.7. The van der Waals surface area contributed by atoms with Gasteiger partial charge in [-0.15, -0.1) is 0 Å². The zero-order valence-electron chi connectivity index (χ0n) is 7.47.